The lowest BCUT2D eigenvalue weighted by Gasteiger charge is -2.06. The number of hydrogen-bond donors (Lipinski definition) is 1. The predicted molar refractivity (Wildman–Crippen MR) is 70.3 cm³/mol. The highest BCUT2D eigenvalue weighted by Crippen LogP contribution is 2.19. The molecule has 5 heteroatoms. The fourth-order valence-electron chi connectivity index (χ4n) is 1.40. The van der Waals surface area contributed by atoms with Crippen LogP contribution in [0.4, 0.5) is 10.1 Å². The average molecular weight is 272 g/mol. The molecule has 0 bridgehead atoms. The number of nitrogens with one attached hydrogen (secondary N) is 1. The Morgan fingerprint density at radius 2 is 2.28 bits per heavy atom. The van der Waals surface area contributed by atoms with Gasteiger partial charge in [0, 0.05) is 17.8 Å². The minimum Gasteiger partial charge on any atom is -0.466 e. The van der Waals surface area contributed by atoms with Crippen molar-refractivity contribution >= 4 is 23.3 Å². The Balaban J connectivity index is 2.62. The molecule has 0 heterocycles. The van der Waals surface area contributed by atoms with Gasteiger partial charge in [-0.3, -0.25) is 0 Å². The molecular weight excluding hydrogens is 257 g/mol. The van der Waals surface area contributed by atoms with E-state index in [4.69, 9.17) is 11.6 Å². The minimum absolute atomic E-state index is 0.0627. The van der Waals surface area contributed by atoms with Crippen LogP contribution in [-0.2, 0) is 9.53 Å². The topological polar surface area (TPSA) is 38.3 Å². The van der Waals surface area contributed by atoms with Crippen LogP contribution in [0.1, 0.15) is 13.3 Å². The largest absolute Gasteiger partial charge is 0.466 e. The van der Waals surface area contributed by atoms with Gasteiger partial charge in [0.1, 0.15) is 5.82 Å². The molecular formula is C13H15ClFNO2. The van der Waals surface area contributed by atoms with Crippen molar-refractivity contribution in [3.63, 3.8) is 0 Å². The predicted octanol–water partition coefficient (Wildman–Crippen LogP) is 3.40. The van der Waals surface area contributed by atoms with Crippen molar-refractivity contribution in [2.45, 2.75) is 13.3 Å². The van der Waals surface area contributed by atoms with Crippen LogP contribution in [0.2, 0.25) is 5.02 Å². The van der Waals surface area contributed by atoms with Gasteiger partial charge in [0.15, 0.2) is 0 Å². The molecule has 0 saturated heterocycles. The summed E-state index contributed by atoms with van der Waals surface area (Å²) in [5.74, 6) is -0.794. The Kier molecular flexibility index (Phi) is 5.65. The van der Waals surface area contributed by atoms with Crippen LogP contribution >= 0.6 is 11.6 Å². The summed E-state index contributed by atoms with van der Waals surface area (Å²) in [5.41, 5.74) is 1.29. The third-order valence-electron chi connectivity index (χ3n) is 2.40. The first-order valence-electron chi connectivity index (χ1n) is 5.54. The van der Waals surface area contributed by atoms with Crippen LogP contribution in [0.25, 0.3) is 0 Å². The van der Waals surface area contributed by atoms with E-state index in [1.807, 2.05) is 6.92 Å². The van der Waals surface area contributed by atoms with E-state index in [2.05, 4.69) is 10.1 Å². The van der Waals surface area contributed by atoms with Gasteiger partial charge in [-0.15, -0.1) is 0 Å². The molecule has 1 N–H and O–H groups in total. The zero-order valence-corrected chi connectivity index (χ0v) is 11.1. The van der Waals surface area contributed by atoms with Gasteiger partial charge in [-0.25, -0.2) is 9.18 Å². The fraction of sp³-hybridized carbons (Fsp3) is 0.308. The van der Waals surface area contributed by atoms with Crippen molar-refractivity contribution in [1.29, 1.82) is 0 Å². The molecule has 0 aliphatic rings. The molecule has 0 amide bonds. The molecule has 1 aromatic rings. The van der Waals surface area contributed by atoms with Crippen molar-refractivity contribution in [3.05, 3.63) is 40.7 Å². The number of anilines is 1. The second-order valence-corrected chi connectivity index (χ2v) is 3.99. The summed E-state index contributed by atoms with van der Waals surface area (Å²) in [4.78, 5) is 11.3. The Hall–Kier alpha value is -1.55. The number of ether oxygens (including phenoxy) is 1. The van der Waals surface area contributed by atoms with Crippen LogP contribution in [0.15, 0.2) is 29.8 Å². The maximum absolute atomic E-state index is 12.9. The fourth-order valence-corrected chi connectivity index (χ4v) is 1.58. The van der Waals surface area contributed by atoms with Crippen molar-refractivity contribution in [2.75, 3.05) is 19.0 Å². The van der Waals surface area contributed by atoms with Crippen molar-refractivity contribution in [2.24, 2.45) is 0 Å². The molecule has 3 nitrogen and oxygen atoms in total. The number of halogens is 2. The first-order valence-corrected chi connectivity index (χ1v) is 5.92. The second-order valence-electron chi connectivity index (χ2n) is 3.58. The number of carbonyl (C=O) groups is 1. The number of hydrogen-bond acceptors (Lipinski definition) is 3. The zero-order chi connectivity index (χ0) is 13.5. The standard InChI is InChI=1S/C13H15ClFNO2/c1-3-9(13(17)18-2)6-7-16-10-4-5-12(15)11(14)8-10/h4-6,8,16H,3,7H2,1-2H3/b9-6-. The van der Waals surface area contributed by atoms with Gasteiger partial charge in [-0.05, 0) is 24.6 Å². The average Bonchev–Trinajstić information content (AvgIpc) is 2.38. The normalized spacial score (nSPS) is 11.2. The number of methoxy groups -OCH3 is 1. The van der Waals surface area contributed by atoms with Crippen LogP contribution in [0.5, 0.6) is 0 Å². The molecule has 0 radical (unpaired) electrons. The maximum Gasteiger partial charge on any atom is 0.333 e. The molecule has 1 aromatic carbocycles. The first-order chi connectivity index (χ1) is 8.58. The number of rotatable bonds is 5. The zero-order valence-electron chi connectivity index (χ0n) is 10.3. The Morgan fingerprint density at radius 3 is 2.83 bits per heavy atom. The molecule has 0 aromatic heterocycles. The minimum atomic E-state index is -0.457. The molecule has 0 fully saturated rings. The summed E-state index contributed by atoms with van der Waals surface area (Å²) >= 11 is 5.65. The first kappa shape index (κ1) is 14.5. The maximum atomic E-state index is 12.9. The van der Waals surface area contributed by atoms with Gasteiger partial charge in [0.25, 0.3) is 0 Å². The molecule has 0 aliphatic heterocycles. The lowest BCUT2D eigenvalue weighted by Crippen LogP contribution is -2.07. The monoisotopic (exact) mass is 271 g/mol. The van der Waals surface area contributed by atoms with E-state index < -0.39 is 5.82 Å². The Morgan fingerprint density at radius 1 is 1.56 bits per heavy atom. The van der Waals surface area contributed by atoms with E-state index in [1.54, 1.807) is 12.1 Å². The van der Waals surface area contributed by atoms with E-state index in [0.29, 0.717) is 24.2 Å². The van der Waals surface area contributed by atoms with E-state index in [0.717, 1.165) is 0 Å². The van der Waals surface area contributed by atoms with Gasteiger partial charge in [-0.1, -0.05) is 24.6 Å². The number of esters is 1. The van der Waals surface area contributed by atoms with Gasteiger partial charge < -0.3 is 10.1 Å². The van der Waals surface area contributed by atoms with E-state index in [-0.39, 0.29) is 11.0 Å². The third-order valence-corrected chi connectivity index (χ3v) is 2.69. The van der Waals surface area contributed by atoms with Gasteiger partial charge in [0.2, 0.25) is 0 Å². The molecule has 98 valence electrons. The summed E-state index contributed by atoms with van der Waals surface area (Å²) in [5, 5.41) is 3.08. The summed E-state index contributed by atoms with van der Waals surface area (Å²) in [6.45, 7) is 2.32. The lowest BCUT2D eigenvalue weighted by molar-refractivity contribution is -0.136. The summed E-state index contributed by atoms with van der Waals surface area (Å²) in [7, 11) is 1.35. The Labute approximate surface area is 111 Å². The highest BCUT2D eigenvalue weighted by Gasteiger charge is 2.06. The number of carbonyl (C=O) groups excluding carboxylic acids is 1. The Bertz CT molecular complexity index is 460. The smallest absolute Gasteiger partial charge is 0.333 e. The van der Waals surface area contributed by atoms with Crippen LogP contribution in [0, 0.1) is 5.82 Å². The van der Waals surface area contributed by atoms with E-state index >= 15 is 0 Å². The van der Waals surface area contributed by atoms with Crippen molar-refractivity contribution in [1.82, 2.24) is 0 Å². The molecule has 0 spiro atoms. The van der Waals surface area contributed by atoms with E-state index in [9.17, 15) is 9.18 Å². The molecule has 0 saturated carbocycles. The molecule has 0 aliphatic carbocycles. The lowest BCUT2D eigenvalue weighted by atomic mass is 10.2. The van der Waals surface area contributed by atoms with Crippen LogP contribution < -0.4 is 5.32 Å². The number of benzene rings is 1. The highest BCUT2D eigenvalue weighted by molar-refractivity contribution is 6.31. The van der Waals surface area contributed by atoms with Gasteiger partial charge in [-0.2, -0.15) is 0 Å². The highest BCUT2D eigenvalue weighted by atomic mass is 35.5. The SMILES string of the molecule is CC/C(=C/CNc1ccc(F)c(Cl)c1)C(=O)OC. The van der Waals surface area contributed by atoms with Gasteiger partial charge in [0.05, 0.1) is 12.1 Å². The summed E-state index contributed by atoms with van der Waals surface area (Å²) in [6.07, 6.45) is 2.33. The molecule has 1 rings (SSSR count). The summed E-state index contributed by atoms with van der Waals surface area (Å²) < 4.78 is 17.6. The van der Waals surface area contributed by atoms with E-state index in [1.165, 1.54) is 19.2 Å². The molecule has 0 unspecified atom stereocenters. The van der Waals surface area contributed by atoms with Crippen LogP contribution in [0.3, 0.4) is 0 Å². The van der Waals surface area contributed by atoms with Crippen molar-refractivity contribution in [3.8, 4) is 0 Å². The molecule has 18 heavy (non-hydrogen) atoms. The quantitative estimate of drug-likeness (QED) is 0.659. The van der Waals surface area contributed by atoms with Crippen molar-refractivity contribution < 1.29 is 13.9 Å². The summed E-state index contributed by atoms with van der Waals surface area (Å²) in [6, 6.07) is 4.36. The molecule has 0 atom stereocenters. The van der Waals surface area contributed by atoms with Crippen LogP contribution in [-0.4, -0.2) is 19.6 Å². The second kappa shape index (κ2) is 7.01. The third kappa shape index (κ3) is 4.04. The van der Waals surface area contributed by atoms with Gasteiger partial charge >= 0.3 is 5.97 Å².